The Kier molecular flexibility index (Phi) is 7.07. The van der Waals surface area contributed by atoms with E-state index in [0.29, 0.717) is 18.8 Å². The molecule has 1 aromatic carbocycles. The largest absolute Gasteiger partial charge is 0.469 e. The quantitative estimate of drug-likeness (QED) is 0.457. The third-order valence-corrected chi connectivity index (χ3v) is 5.41. The van der Waals surface area contributed by atoms with Gasteiger partial charge in [0, 0.05) is 17.5 Å². The maximum absolute atomic E-state index is 12.8. The molecule has 0 amide bonds. The normalized spacial score (nSPS) is 16.4. The smallest absolute Gasteiger partial charge is 0.319 e. The number of benzene rings is 1. The van der Waals surface area contributed by atoms with Gasteiger partial charge in [-0.15, -0.1) is 0 Å². The zero-order valence-electron chi connectivity index (χ0n) is 17.7. The van der Waals surface area contributed by atoms with E-state index < -0.39 is 0 Å². The van der Waals surface area contributed by atoms with E-state index in [0.717, 1.165) is 48.1 Å². The molecule has 2 rings (SSSR count). The van der Waals surface area contributed by atoms with Crippen molar-refractivity contribution in [3.8, 4) is 5.75 Å². The lowest BCUT2D eigenvalue weighted by atomic mass is 9.77. The molecule has 1 aliphatic rings. The summed E-state index contributed by atoms with van der Waals surface area (Å²) in [6.07, 6.45) is 5.09. The number of carbonyl (C=O) groups excluding carboxylic acids is 2. The van der Waals surface area contributed by atoms with Crippen LogP contribution in [0.3, 0.4) is 0 Å². The molecule has 4 heteroatoms. The molecule has 0 radical (unpaired) electrons. The van der Waals surface area contributed by atoms with Crippen LogP contribution in [0, 0.1) is 5.92 Å². The number of aryl methyl sites for hydroxylation is 1. The Hall–Kier alpha value is -1.84. The average Bonchev–Trinajstić information content (AvgIpc) is 2.93. The number of ether oxygens (including phenoxy) is 2. The molecule has 0 spiro atoms. The van der Waals surface area contributed by atoms with E-state index in [1.807, 2.05) is 0 Å². The number of hydrogen-bond acceptors (Lipinski definition) is 4. The zero-order valence-corrected chi connectivity index (χ0v) is 17.7. The minimum absolute atomic E-state index is 0.118. The van der Waals surface area contributed by atoms with Crippen LogP contribution < -0.4 is 4.74 Å². The highest BCUT2D eigenvalue weighted by Gasteiger charge is 2.41. The van der Waals surface area contributed by atoms with Gasteiger partial charge in [0.2, 0.25) is 0 Å². The topological polar surface area (TPSA) is 52.6 Å². The lowest BCUT2D eigenvalue weighted by molar-refractivity contribution is -0.140. The second-order valence-corrected chi connectivity index (χ2v) is 8.62. The monoisotopic (exact) mass is 374 g/mol. The van der Waals surface area contributed by atoms with Crippen molar-refractivity contribution in [1.29, 1.82) is 0 Å². The first-order valence-electron chi connectivity index (χ1n) is 10.2. The van der Waals surface area contributed by atoms with Crippen molar-refractivity contribution in [3.63, 3.8) is 0 Å². The summed E-state index contributed by atoms with van der Waals surface area (Å²) in [7, 11) is 1.41. The van der Waals surface area contributed by atoms with Crippen molar-refractivity contribution in [2.75, 3.05) is 7.11 Å². The van der Waals surface area contributed by atoms with Crippen LogP contribution in [0.4, 0.5) is 0 Å². The summed E-state index contributed by atoms with van der Waals surface area (Å²) in [5, 5.41) is 0. The van der Waals surface area contributed by atoms with Crippen molar-refractivity contribution in [3.05, 3.63) is 28.8 Å². The van der Waals surface area contributed by atoms with Gasteiger partial charge in [-0.1, -0.05) is 59.6 Å². The van der Waals surface area contributed by atoms with E-state index in [1.54, 1.807) is 0 Å². The fourth-order valence-corrected chi connectivity index (χ4v) is 4.06. The van der Waals surface area contributed by atoms with Gasteiger partial charge in [-0.2, -0.15) is 0 Å². The summed E-state index contributed by atoms with van der Waals surface area (Å²) in [6.45, 7) is 10.7. The van der Waals surface area contributed by atoms with Gasteiger partial charge in [-0.25, -0.2) is 0 Å². The second kappa shape index (κ2) is 8.90. The van der Waals surface area contributed by atoms with E-state index in [4.69, 9.17) is 9.47 Å². The maximum atomic E-state index is 12.8. The highest BCUT2D eigenvalue weighted by Crippen LogP contribution is 2.47. The van der Waals surface area contributed by atoms with Crippen LogP contribution in [0.2, 0.25) is 0 Å². The average molecular weight is 375 g/mol. The van der Waals surface area contributed by atoms with Crippen LogP contribution in [0.15, 0.2) is 12.1 Å². The molecular weight excluding hydrogens is 340 g/mol. The van der Waals surface area contributed by atoms with Crippen LogP contribution in [0.25, 0.3) is 0 Å². The maximum Gasteiger partial charge on any atom is 0.319 e. The molecular formula is C23H34O4. The first kappa shape index (κ1) is 21.5. The zero-order chi connectivity index (χ0) is 20.2. The Balaban J connectivity index is 2.50. The molecule has 1 aliphatic heterocycles. The Morgan fingerprint density at radius 2 is 1.81 bits per heavy atom. The molecule has 0 saturated carbocycles. The molecule has 0 aliphatic carbocycles. The van der Waals surface area contributed by atoms with Gasteiger partial charge in [0.1, 0.15) is 5.75 Å². The molecule has 1 atom stereocenters. The van der Waals surface area contributed by atoms with Gasteiger partial charge < -0.3 is 9.47 Å². The highest BCUT2D eigenvalue weighted by molar-refractivity contribution is 5.87. The van der Waals surface area contributed by atoms with Crippen molar-refractivity contribution >= 4 is 11.9 Å². The summed E-state index contributed by atoms with van der Waals surface area (Å²) >= 11 is 0. The molecule has 0 saturated heterocycles. The van der Waals surface area contributed by atoms with Crippen molar-refractivity contribution in [1.82, 2.24) is 0 Å². The Labute approximate surface area is 163 Å². The van der Waals surface area contributed by atoms with Gasteiger partial charge >= 0.3 is 11.9 Å². The number of carbonyl (C=O) groups is 2. The van der Waals surface area contributed by atoms with Crippen LogP contribution in [-0.2, 0) is 26.2 Å². The fourth-order valence-electron chi connectivity index (χ4n) is 4.06. The fraction of sp³-hybridized carbons (Fsp3) is 0.652. The third kappa shape index (κ3) is 4.91. The predicted molar refractivity (Wildman–Crippen MR) is 107 cm³/mol. The number of rotatable bonds is 8. The molecule has 0 bridgehead atoms. The minimum atomic E-state index is -0.216. The van der Waals surface area contributed by atoms with E-state index in [9.17, 15) is 9.59 Å². The van der Waals surface area contributed by atoms with E-state index in [-0.39, 0.29) is 23.3 Å². The predicted octanol–water partition coefficient (Wildman–Crippen LogP) is 5.31. The Morgan fingerprint density at radius 1 is 1.19 bits per heavy atom. The van der Waals surface area contributed by atoms with E-state index >= 15 is 0 Å². The van der Waals surface area contributed by atoms with Gasteiger partial charge in [0.05, 0.1) is 13.0 Å². The standard InChI is InChI=1S/C23H34O4/c1-7-9-16(10-8-2)20-17-13-15(11-12-19(24)26-6)14-18(23(3,4)5)21(17)27-22(20)25/h13-14,16,20H,7-12H2,1-6H3. The van der Waals surface area contributed by atoms with Gasteiger partial charge in [-0.05, 0) is 36.2 Å². The van der Waals surface area contributed by atoms with Crippen LogP contribution in [-0.4, -0.2) is 19.0 Å². The highest BCUT2D eigenvalue weighted by atomic mass is 16.5. The van der Waals surface area contributed by atoms with Crippen LogP contribution in [0.5, 0.6) is 5.75 Å². The Bertz CT molecular complexity index is 678. The molecule has 27 heavy (non-hydrogen) atoms. The van der Waals surface area contributed by atoms with Gasteiger partial charge in [0.15, 0.2) is 0 Å². The van der Waals surface area contributed by atoms with E-state index in [1.165, 1.54) is 7.11 Å². The first-order valence-corrected chi connectivity index (χ1v) is 10.2. The SMILES string of the molecule is CCCC(CCC)C1C(=O)Oc2c1cc(CCC(=O)OC)cc2C(C)(C)C. The molecule has 1 heterocycles. The van der Waals surface area contributed by atoms with Crippen molar-refractivity contribution < 1.29 is 19.1 Å². The van der Waals surface area contributed by atoms with E-state index in [2.05, 4.69) is 46.8 Å². The van der Waals surface area contributed by atoms with Gasteiger partial charge in [0.25, 0.3) is 0 Å². The molecule has 4 nitrogen and oxygen atoms in total. The summed E-state index contributed by atoms with van der Waals surface area (Å²) in [6, 6.07) is 4.17. The first-order chi connectivity index (χ1) is 12.7. The second-order valence-electron chi connectivity index (χ2n) is 8.62. The number of hydrogen-bond donors (Lipinski definition) is 0. The Morgan fingerprint density at radius 3 is 2.33 bits per heavy atom. The number of methoxy groups -OCH3 is 1. The molecule has 150 valence electrons. The molecule has 1 unspecified atom stereocenters. The molecule has 1 aromatic rings. The molecule has 0 aromatic heterocycles. The number of esters is 2. The lowest BCUT2D eigenvalue weighted by Crippen LogP contribution is -2.20. The summed E-state index contributed by atoms with van der Waals surface area (Å²) in [5.41, 5.74) is 2.98. The minimum Gasteiger partial charge on any atom is -0.469 e. The summed E-state index contributed by atoms with van der Waals surface area (Å²) < 4.78 is 10.6. The van der Waals surface area contributed by atoms with Crippen LogP contribution >= 0.6 is 0 Å². The summed E-state index contributed by atoms with van der Waals surface area (Å²) in [4.78, 5) is 24.4. The molecule has 0 fully saturated rings. The summed E-state index contributed by atoms with van der Waals surface area (Å²) in [5.74, 6) is 0.520. The van der Waals surface area contributed by atoms with Gasteiger partial charge in [-0.3, -0.25) is 9.59 Å². The van der Waals surface area contributed by atoms with Crippen molar-refractivity contribution in [2.45, 2.75) is 84.5 Å². The van der Waals surface area contributed by atoms with Crippen LogP contribution in [0.1, 0.15) is 89.3 Å². The number of fused-ring (bicyclic) bond motifs is 1. The van der Waals surface area contributed by atoms with Crippen molar-refractivity contribution in [2.24, 2.45) is 5.92 Å². The molecule has 0 N–H and O–H groups in total. The lowest BCUT2D eigenvalue weighted by Gasteiger charge is -2.24. The third-order valence-electron chi connectivity index (χ3n) is 5.41.